The van der Waals surface area contributed by atoms with Crippen LogP contribution in [0.3, 0.4) is 0 Å². The number of Topliss-reactive ketones (excluding diaryl/α,β-unsaturated/α-hetero) is 1. The van der Waals surface area contributed by atoms with Gasteiger partial charge in [-0.05, 0) is 73.3 Å². The first-order valence-corrected chi connectivity index (χ1v) is 8.30. The maximum absolute atomic E-state index is 13.6. The third-order valence-corrected chi connectivity index (χ3v) is 5.75. The zero-order chi connectivity index (χ0) is 15.6. The number of ketones is 1. The van der Waals surface area contributed by atoms with Crippen LogP contribution in [0.2, 0.25) is 0 Å². The van der Waals surface area contributed by atoms with E-state index >= 15 is 0 Å². The molecule has 1 fully saturated rings. The minimum atomic E-state index is -0.391. The Kier molecular flexibility index (Phi) is 5.20. The van der Waals surface area contributed by atoms with E-state index in [2.05, 4.69) is 27.8 Å². The van der Waals surface area contributed by atoms with E-state index in [0.29, 0.717) is 10.4 Å². The Bertz CT molecular complexity index is 522. The zero-order valence-corrected chi connectivity index (χ0v) is 14.5. The van der Waals surface area contributed by atoms with Crippen LogP contribution in [0, 0.1) is 11.7 Å². The molecular formula is C17H23BrFNO. The number of benzene rings is 1. The topological polar surface area (TPSA) is 20.3 Å². The van der Waals surface area contributed by atoms with Gasteiger partial charge >= 0.3 is 0 Å². The molecule has 0 N–H and O–H groups in total. The van der Waals surface area contributed by atoms with E-state index in [1.165, 1.54) is 6.07 Å². The summed E-state index contributed by atoms with van der Waals surface area (Å²) in [5.74, 6) is 0.578. The van der Waals surface area contributed by atoms with Gasteiger partial charge in [-0.15, -0.1) is 0 Å². The molecular weight excluding hydrogens is 333 g/mol. The van der Waals surface area contributed by atoms with Crippen LogP contribution in [0.5, 0.6) is 0 Å². The summed E-state index contributed by atoms with van der Waals surface area (Å²) in [6.45, 7) is 2.24. The zero-order valence-electron chi connectivity index (χ0n) is 13.0. The predicted octanol–water partition coefficient (Wildman–Crippen LogP) is 4.21. The van der Waals surface area contributed by atoms with E-state index in [1.807, 2.05) is 20.2 Å². The largest absolute Gasteiger partial charge is 0.297 e. The van der Waals surface area contributed by atoms with Crippen LogP contribution in [0.15, 0.2) is 22.7 Å². The summed E-state index contributed by atoms with van der Waals surface area (Å²) >= 11 is 3.26. The maximum atomic E-state index is 13.6. The van der Waals surface area contributed by atoms with Gasteiger partial charge < -0.3 is 0 Å². The standard InChI is InChI=1S/C17H23BrFNO/c1-12-7-9-17(10-8-12,20(2)3)15(21)11-13-5-4-6-14(19)16(13)18/h4-6,12H,7-11H2,1-3H3. The number of hydrogen-bond acceptors (Lipinski definition) is 2. The summed E-state index contributed by atoms with van der Waals surface area (Å²) < 4.78 is 14.0. The number of rotatable bonds is 4. The third kappa shape index (κ3) is 3.37. The molecule has 1 saturated carbocycles. The highest BCUT2D eigenvalue weighted by Gasteiger charge is 2.42. The number of halogens is 2. The second-order valence-corrected chi connectivity index (χ2v) is 7.21. The molecule has 1 aromatic carbocycles. The number of nitrogens with zero attached hydrogens (tertiary/aromatic N) is 1. The lowest BCUT2D eigenvalue weighted by Gasteiger charge is -2.43. The van der Waals surface area contributed by atoms with Gasteiger partial charge in [0, 0.05) is 6.42 Å². The Morgan fingerprint density at radius 1 is 1.38 bits per heavy atom. The lowest BCUT2D eigenvalue weighted by Crippen LogP contribution is -2.53. The van der Waals surface area contributed by atoms with Gasteiger partial charge in [0.05, 0.1) is 10.0 Å². The Labute approximate surface area is 134 Å². The maximum Gasteiger partial charge on any atom is 0.157 e. The van der Waals surface area contributed by atoms with E-state index in [9.17, 15) is 9.18 Å². The van der Waals surface area contributed by atoms with E-state index in [0.717, 1.165) is 31.2 Å². The quantitative estimate of drug-likeness (QED) is 0.806. The normalized spacial score (nSPS) is 26.1. The van der Waals surface area contributed by atoms with Crippen molar-refractivity contribution in [1.29, 1.82) is 0 Å². The molecule has 116 valence electrons. The summed E-state index contributed by atoms with van der Waals surface area (Å²) in [6, 6.07) is 4.88. The van der Waals surface area contributed by atoms with Crippen molar-refractivity contribution in [2.75, 3.05) is 14.1 Å². The molecule has 1 aromatic rings. The Morgan fingerprint density at radius 2 is 2.00 bits per heavy atom. The minimum absolute atomic E-state index is 0.200. The second kappa shape index (κ2) is 6.57. The van der Waals surface area contributed by atoms with Crippen molar-refractivity contribution >= 4 is 21.7 Å². The fraction of sp³-hybridized carbons (Fsp3) is 0.588. The fourth-order valence-electron chi connectivity index (χ4n) is 3.24. The summed E-state index contributed by atoms with van der Waals surface area (Å²) in [5.41, 5.74) is 0.345. The SMILES string of the molecule is CC1CCC(C(=O)Cc2cccc(F)c2Br)(N(C)C)CC1. The van der Waals surface area contributed by atoms with E-state index < -0.39 is 5.54 Å². The highest BCUT2D eigenvalue weighted by Crippen LogP contribution is 2.37. The molecule has 0 aliphatic heterocycles. The summed E-state index contributed by atoms with van der Waals surface area (Å²) in [6.07, 6.45) is 4.23. The first kappa shape index (κ1) is 16.6. The molecule has 0 saturated heterocycles. The first-order valence-electron chi connectivity index (χ1n) is 7.50. The molecule has 2 rings (SSSR count). The van der Waals surface area contributed by atoms with Crippen LogP contribution in [-0.4, -0.2) is 30.3 Å². The van der Waals surface area contributed by atoms with Crippen molar-refractivity contribution < 1.29 is 9.18 Å². The van der Waals surface area contributed by atoms with Gasteiger partial charge in [-0.2, -0.15) is 0 Å². The monoisotopic (exact) mass is 355 g/mol. The van der Waals surface area contributed by atoms with Crippen molar-refractivity contribution in [1.82, 2.24) is 4.90 Å². The van der Waals surface area contributed by atoms with Crippen molar-refractivity contribution in [3.05, 3.63) is 34.1 Å². The van der Waals surface area contributed by atoms with Crippen LogP contribution < -0.4 is 0 Å². The van der Waals surface area contributed by atoms with Crippen LogP contribution in [0.1, 0.15) is 38.2 Å². The molecule has 0 radical (unpaired) electrons. The summed E-state index contributed by atoms with van der Waals surface area (Å²) in [5, 5.41) is 0. The van der Waals surface area contributed by atoms with Gasteiger partial charge in [0.2, 0.25) is 0 Å². The minimum Gasteiger partial charge on any atom is -0.297 e. The average molecular weight is 356 g/mol. The third-order valence-electron chi connectivity index (χ3n) is 4.86. The molecule has 0 bridgehead atoms. The molecule has 1 aliphatic carbocycles. The van der Waals surface area contributed by atoms with Gasteiger partial charge in [0.15, 0.2) is 5.78 Å². The Morgan fingerprint density at radius 3 is 2.57 bits per heavy atom. The van der Waals surface area contributed by atoms with E-state index in [1.54, 1.807) is 6.07 Å². The van der Waals surface area contributed by atoms with Crippen LogP contribution in [0.25, 0.3) is 0 Å². The number of carbonyl (C=O) groups excluding carboxylic acids is 1. The number of hydrogen-bond donors (Lipinski definition) is 0. The second-order valence-electron chi connectivity index (χ2n) is 6.42. The van der Waals surface area contributed by atoms with E-state index in [-0.39, 0.29) is 18.0 Å². The Hall–Kier alpha value is -0.740. The molecule has 0 spiro atoms. The fourth-order valence-corrected chi connectivity index (χ4v) is 3.64. The molecule has 4 heteroatoms. The Balaban J connectivity index is 2.22. The van der Waals surface area contributed by atoms with Gasteiger partial charge in [0.25, 0.3) is 0 Å². The lowest BCUT2D eigenvalue weighted by molar-refractivity contribution is -0.131. The smallest absolute Gasteiger partial charge is 0.157 e. The van der Waals surface area contributed by atoms with Gasteiger partial charge in [0.1, 0.15) is 5.82 Å². The molecule has 2 nitrogen and oxygen atoms in total. The van der Waals surface area contributed by atoms with Gasteiger partial charge in [-0.25, -0.2) is 4.39 Å². The van der Waals surface area contributed by atoms with E-state index in [4.69, 9.17) is 0 Å². The number of carbonyl (C=O) groups is 1. The molecule has 0 atom stereocenters. The summed E-state index contributed by atoms with van der Waals surface area (Å²) in [7, 11) is 3.96. The molecule has 1 aliphatic rings. The molecule has 0 aromatic heterocycles. The van der Waals surface area contributed by atoms with Crippen molar-refractivity contribution in [3.63, 3.8) is 0 Å². The van der Waals surface area contributed by atoms with Gasteiger partial charge in [-0.3, -0.25) is 9.69 Å². The lowest BCUT2D eigenvalue weighted by atomic mass is 9.72. The predicted molar refractivity (Wildman–Crippen MR) is 86.9 cm³/mol. The molecule has 0 amide bonds. The van der Waals surface area contributed by atoms with Crippen LogP contribution >= 0.6 is 15.9 Å². The average Bonchev–Trinajstić information content (AvgIpc) is 2.44. The van der Waals surface area contributed by atoms with Crippen LogP contribution in [-0.2, 0) is 11.2 Å². The summed E-state index contributed by atoms with van der Waals surface area (Å²) in [4.78, 5) is 15.0. The van der Waals surface area contributed by atoms with Gasteiger partial charge in [-0.1, -0.05) is 19.1 Å². The van der Waals surface area contributed by atoms with Crippen molar-refractivity contribution in [2.45, 2.75) is 44.6 Å². The van der Waals surface area contributed by atoms with Crippen molar-refractivity contribution in [3.8, 4) is 0 Å². The highest BCUT2D eigenvalue weighted by atomic mass is 79.9. The van der Waals surface area contributed by atoms with Crippen LogP contribution in [0.4, 0.5) is 4.39 Å². The molecule has 0 unspecified atom stereocenters. The first-order chi connectivity index (χ1) is 9.86. The number of likely N-dealkylation sites (N-methyl/N-ethyl adjacent to an activating group) is 1. The highest BCUT2D eigenvalue weighted by molar-refractivity contribution is 9.10. The molecule has 0 heterocycles. The van der Waals surface area contributed by atoms with Crippen molar-refractivity contribution in [2.24, 2.45) is 5.92 Å². The molecule has 21 heavy (non-hydrogen) atoms.